The summed E-state index contributed by atoms with van der Waals surface area (Å²) in [6, 6.07) is 92.0. The van der Waals surface area contributed by atoms with Crippen molar-refractivity contribution < 1.29 is 0 Å². The molecule has 0 saturated heterocycles. The topological polar surface area (TPSA) is 0 Å². The van der Waals surface area contributed by atoms with Gasteiger partial charge in [0.05, 0.1) is 0 Å². The van der Waals surface area contributed by atoms with E-state index in [2.05, 4.69) is 243 Å². The first-order chi connectivity index (χ1) is 26.9. The molecule has 0 unspecified atom stereocenters. The molecule has 0 aliphatic carbocycles. The van der Waals surface area contributed by atoms with Crippen molar-refractivity contribution in [3.05, 3.63) is 243 Å². The molecule has 0 nitrogen and oxygen atoms in total. The largest absolute Gasteiger partial charge is 0.0622 e. The van der Waals surface area contributed by atoms with E-state index in [1.807, 2.05) is 0 Å². The summed E-state index contributed by atoms with van der Waals surface area (Å²) in [7, 11) is -3.62. The Morgan fingerprint density at radius 3 is 0.389 bits per heavy atom. The number of rotatable bonds is 13. The van der Waals surface area contributed by atoms with E-state index in [4.69, 9.17) is 0 Å². The van der Waals surface area contributed by atoms with Crippen LogP contribution >= 0.6 is 31.7 Å². The number of hydrogen-bond acceptors (Lipinski definition) is 0. The summed E-state index contributed by atoms with van der Waals surface area (Å²) < 4.78 is 0. The summed E-state index contributed by atoms with van der Waals surface area (Å²) in [4.78, 5) is 0. The summed E-state index contributed by atoms with van der Waals surface area (Å²) in [5.74, 6) is 0. The Morgan fingerprint density at radius 1 is 0.167 bits per heavy atom. The molecule has 0 aliphatic heterocycles. The third-order valence-corrected chi connectivity index (χ3v) is 23.5. The van der Waals surface area contributed by atoms with Gasteiger partial charge in [-0.1, -0.05) is 243 Å². The van der Waals surface area contributed by atoms with E-state index in [0.717, 1.165) is 0 Å². The summed E-state index contributed by atoms with van der Waals surface area (Å²) in [5, 5.41) is 12.0. The molecule has 0 spiro atoms. The van der Waals surface area contributed by atoms with E-state index in [9.17, 15) is 0 Å². The van der Waals surface area contributed by atoms with Gasteiger partial charge in [0, 0.05) is 10.8 Å². The average Bonchev–Trinajstić information content (AvgIpc) is 3.26. The van der Waals surface area contributed by atoms with Crippen LogP contribution in [0.4, 0.5) is 0 Å². The van der Waals surface area contributed by atoms with E-state index in [0.29, 0.717) is 0 Å². The number of hydrogen-bond donors (Lipinski definition) is 0. The van der Waals surface area contributed by atoms with Crippen LogP contribution in [0.2, 0.25) is 0 Å². The molecule has 0 radical (unpaired) electrons. The Bertz CT molecular complexity index is 1780. The third-order valence-electron chi connectivity index (χ3n) is 9.60. The van der Waals surface area contributed by atoms with Crippen LogP contribution in [0.1, 0.15) is 0 Å². The molecule has 0 N–H and O–H groups in total. The normalized spacial score (nSPS) is 11.6. The molecule has 0 heterocycles. The lowest BCUT2D eigenvalue weighted by molar-refractivity contribution is 1.29. The lowest BCUT2D eigenvalue weighted by Crippen LogP contribution is -2.40. The third kappa shape index (κ3) is 8.25. The molecule has 0 fully saturated rings. The summed E-state index contributed by atoms with van der Waals surface area (Å²) >= 11 is 0. The van der Waals surface area contributed by atoms with E-state index < -0.39 is 31.7 Å². The molecular formula is C50H42P4. The highest BCUT2D eigenvalue weighted by Gasteiger charge is 2.47. The first-order valence-corrected chi connectivity index (χ1v) is 24.1. The van der Waals surface area contributed by atoms with Gasteiger partial charge in [0.1, 0.15) is 0 Å². The standard InChI is InChI=1S/C50H42P4/c1-9-25-41(26-10-1)51(42-27-11-2-12-28-42)49(52(43-29-13-3-14-30-43)44-31-15-4-16-32-44)50(53(45-33-17-5-18-34-45)46-35-19-6-20-36-46)54(47-37-21-7-22-38-47)48-39-23-8-24-40-48/h1-40,49-50H. The molecule has 8 aromatic carbocycles. The minimum atomic E-state index is -0.905. The van der Waals surface area contributed by atoms with Crippen LogP contribution in [0.25, 0.3) is 0 Å². The van der Waals surface area contributed by atoms with Crippen LogP contribution in [-0.2, 0) is 0 Å². The van der Waals surface area contributed by atoms with Gasteiger partial charge in [0.15, 0.2) is 0 Å². The minimum absolute atomic E-state index is 0.252. The average molecular weight is 767 g/mol. The predicted octanol–water partition coefficient (Wildman–Crippen LogP) is 10.2. The van der Waals surface area contributed by atoms with Gasteiger partial charge in [-0.15, -0.1) is 0 Å². The van der Waals surface area contributed by atoms with Crippen LogP contribution in [0, 0.1) is 0 Å². The molecule has 0 aliphatic rings. The van der Waals surface area contributed by atoms with Gasteiger partial charge in [0.25, 0.3) is 0 Å². The monoisotopic (exact) mass is 766 g/mol. The first kappa shape index (κ1) is 36.5. The van der Waals surface area contributed by atoms with Crippen molar-refractivity contribution in [1.82, 2.24) is 0 Å². The van der Waals surface area contributed by atoms with Gasteiger partial charge in [-0.3, -0.25) is 0 Å². The van der Waals surface area contributed by atoms with Crippen molar-refractivity contribution in [2.75, 3.05) is 0 Å². The Balaban J connectivity index is 1.55. The van der Waals surface area contributed by atoms with Gasteiger partial charge in [-0.05, 0) is 74.1 Å². The molecule has 8 aromatic rings. The maximum Gasteiger partial charge on any atom is 0.0274 e. The van der Waals surface area contributed by atoms with Gasteiger partial charge in [-0.25, -0.2) is 0 Å². The zero-order chi connectivity index (χ0) is 36.4. The molecule has 0 bridgehead atoms. The van der Waals surface area contributed by atoms with Crippen molar-refractivity contribution in [3.63, 3.8) is 0 Å². The van der Waals surface area contributed by atoms with E-state index in [-0.39, 0.29) is 10.8 Å². The van der Waals surface area contributed by atoms with E-state index in [1.165, 1.54) is 42.4 Å². The Hall–Kier alpha value is -4.52. The van der Waals surface area contributed by atoms with Crippen molar-refractivity contribution in [2.45, 2.75) is 10.8 Å². The van der Waals surface area contributed by atoms with E-state index >= 15 is 0 Å². The molecule has 8 rings (SSSR count). The molecule has 0 amide bonds. The SMILES string of the molecule is c1ccc(P(c2ccccc2)C(C(P(c2ccccc2)c2ccccc2)P(c2ccccc2)c2ccccc2)P(c2ccccc2)c2ccccc2)cc1. The molecule has 0 aromatic heterocycles. The van der Waals surface area contributed by atoms with Crippen molar-refractivity contribution in [1.29, 1.82) is 0 Å². The summed E-state index contributed by atoms with van der Waals surface area (Å²) in [6.07, 6.45) is 0. The molecule has 262 valence electrons. The molecule has 0 saturated carbocycles. The Labute approximate surface area is 326 Å². The Morgan fingerprint density at radius 2 is 0.278 bits per heavy atom. The van der Waals surface area contributed by atoms with Crippen LogP contribution in [0.5, 0.6) is 0 Å². The van der Waals surface area contributed by atoms with Gasteiger partial charge in [-0.2, -0.15) is 0 Å². The van der Waals surface area contributed by atoms with Crippen LogP contribution in [0.3, 0.4) is 0 Å². The Kier molecular flexibility index (Phi) is 12.3. The predicted molar refractivity (Wildman–Crippen MR) is 244 cm³/mol. The highest BCUT2D eigenvalue weighted by atomic mass is 31.2. The quantitative estimate of drug-likeness (QED) is 0.103. The zero-order valence-corrected chi connectivity index (χ0v) is 33.6. The molecule has 54 heavy (non-hydrogen) atoms. The van der Waals surface area contributed by atoms with Crippen LogP contribution in [0.15, 0.2) is 243 Å². The highest BCUT2D eigenvalue weighted by Crippen LogP contribution is 2.70. The lowest BCUT2D eigenvalue weighted by atomic mass is 10.4. The second kappa shape index (κ2) is 18.2. The smallest absolute Gasteiger partial charge is 0.0274 e. The van der Waals surface area contributed by atoms with Crippen molar-refractivity contribution in [2.24, 2.45) is 0 Å². The fourth-order valence-electron chi connectivity index (χ4n) is 7.29. The van der Waals surface area contributed by atoms with Crippen LogP contribution < -0.4 is 42.4 Å². The minimum Gasteiger partial charge on any atom is -0.0622 e. The molecule has 4 heteroatoms. The zero-order valence-electron chi connectivity index (χ0n) is 30.0. The summed E-state index contributed by atoms with van der Waals surface area (Å²) in [6.45, 7) is 0. The lowest BCUT2D eigenvalue weighted by Gasteiger charge is -2.47. The number of benzene rings is 8. The second-order valence-electron chi connectivity index (χ2n) is 13.0. The van der Waals surface area contributed by atoms with Gasteiger partial charge >= 0.3 is 0 Å². The molecular weight excluding hydrogens is 724 g/mol. The fourth-order valence-corrected chi connectivity index (χ4v) is 24.2. The van der Waals surface area contributed by atoms with E-state index in [1.54, 1.807) is 0 Å². The fraction of sp³-hybridized carbons (Fsp3) is 0.0400. The maximum atomic E-state index is 2.41. The summed E-state index contributed by atoms with van der Waals surface area (Å²) in [5.41, 5.74) is 0. The second-order valence-corrected chi connectivity index (χ2v) is 23.1. The van der Waals surface area contributed by atoms with Crippen molar-refractivity contribution >= 4 is 74.1 Å². The van der Waals surface area contributed by atoms with Crippen molar-refractivity contribution in [3.8, 4) is 0 Å². The first-order valence-electron chi connectivity index (χ1n) is 18.4. The molecule has 0 atom stereocenters. The van der Waals surface area contributed by atoms with Gasteiger partial charge in [0.2, 0.25) is 0 Å². The maximum absolute atomic E-state index is 2.41. The van der Waals surface area contributed by atoms with Gasteiger partial charge < -0.3 is 0 Å². The van der Waals surface area contributed by atoms with Crippen LogP contribution in [-0.4, -0.2) is 10.8 Å². The highest BCUT2D eigenvalue weighted by molar-refractivity contribution is 7.96.